The second kappa shape index (κ2) is 7.00. The SMILES string of the molecule is Cc1cc(C(C)(O)CNC(=O)CCCn2ccnc2C)c(C)o1. The first-order chi connectivity index (χ1) is 10.8. The number of hydrogen-bond acceptors (Lipinski definition) is 4. The Morgan fingerprint density at radius 2 is 2.17 bits per heavy atom. The van der Waals surface area contributed by atoms with E-state index in [1.165, 1.54) is 0 Å². The fourth-order valence-corrected chi connectivity index (χ4v) is 2.67. The van der Waals surface area contributed by atoms with Crippen LogP contribution in [0.25, 0.3) is 0 Å². The Morgan fingerprint density at radius 3 is 2.74 bits per heavy atom. The molecule has 2 aromatic rings. The lowest BCUT2D eigenvalue weighted by Gasteiger charge is -2.23. The van der Waals surface area contributed by atoms with Crippen molar-refractivity contribution in [3.8, 4) is 0 Å². The van der Waals surface area contributed by atoms with Gasteiger partial charge in [-0.05, 0) is 40.2 Å². The number of nitrogens with zero attached hydrogens (tertiary/aromatic N) is 2. The van der Waals surface area contributed by atoms with Crippen molar-refractivity contribution in [2.24, 2.45) is 0 Å². The van der Waals surface area contributed by atoms with Crippen molar-refractivity contribution >= 4 is 5.91 Å². The topological polar surface area (TPSA) is 80.3 Å². The lowest BCUT2D eigenvalue weighted by molar-refractivity contribution is -0.122. The van der Waals surface area contributed by atoms with Gasteiger partial charge in [0, 0.05) is 30.9 Å². The summed E-state index contributed by atoms with van der Waals surface area (Å²) >= 11 is 0. The number of hydrogen-bond donors (Lipinski definition) is 2. The number of aliphatic hydroxyl groups is 1. The van der Waals surface area contributed by atoms with Gasteiger partial charge in [-0.3, -0.25) is 4.79 Å². The molecule has 0 radical (unpaired) electrons. The van der Waals surface area contributed by atoms with Crippen LogP contribution in [0.2, 0.25) is 0 Å². The molecule has 0 aliphatic heterocycles. The number of aryl methyl sites for hydroxylation is 4. The molecule has 2 N–H and O–H groups in total. The second-order valence-corrected chi connectivity index (χ2v) is 6.15. The summed E-state index contributed by atoms with van der Waals surface area (Å²) < 4.78 is 7.46. The molecule has 0 saturated heterocycles. The molecule has 0 bridgehead atoms. The van der Waals surface area contributed by atoms with Crippen LogP contribution < -0.4 is 5.32 Å². The van der Waals surface area contributed by atoms with E-state index in [0.29, 0.717) is 17.7 Å². The Hall–Kier alpha value is -2.08. The van der Waals surface area contributed by atoms with Crippen molar-refractivity contribution < 1.29 is 14.3 Å². The van der Waals surface area contributed by atoms with Crippen LogP contribution in [0, 0.1) is 20.8 Å². The van der Waals surface area contributed by atoms with Gasteiger partial charge >= 0.3 is 0 Å². The third kappa shape index (κ3) is 4.45. The molecule has 0 aromatic carbocycles. The molecule has 0 aliphatic carbocycles. The number of rotatable bonds is 7. The van der Waals surface area contributed by atoms with Crippen molar-refractivity contribution in [2.45, 2.75) is 52.7 Å². The molecular formula is C17H25N3O3. The molecule has 2 heterocycles. The molecule has 2 aromatic heterocycles. The van der Waals surface area contributed by atoms with Crippen LogP contribution in [0.3, 0.4) is 0 Å². The summed E-state index contributed by atoms with van der Waals surface area (Å²) in [6.07, 6.45) is 4.80. The monoisotopic (exact) mass is 319 g/mol. The van der Waals surface area contributed by atoms with E-state index in [1.54, 1.807) is 13.1 Å². The summed E-state index contributed by atoms with van der Waals surface area (Å²) in [5.41, 5.74) is -0.428. The third-order valence-corrected chi connectivity index (χ3v) is 3.98. The van der Waals surface area contributed by atoms with Gasteiger partial charge in [-0.25, -0.2) is 4.98 Å². The van der Waals surface area contributed by atoms with Crippen molar-refractivity contribution in [3.63, 3.8) is 0 Å². The first-order valence-corrected chi connectivity index (χ1v) is 7.84. The molecule has 126 valence electrons. The molecule has 0 spiro atoms. The lowest BCUT2D eigenvalue weighted by atomic mass is 9.96. The zero-order valence-corrected chi connectivity index (χ0v) is 14.2. The Balaban J connectivity index is 1.79. The predicted octanol–water partition coefficient (Wildman–Crippen LogP) is 2.21. The minimum Gasteiger partial charge on any atom is -0.466 e. The number of amides is 1. The van der Waals surface area contributed by atoms with Gasteiger partial charge in [-0.1, -0.05) is 0 Å². The fourth-order valence-electron chi connectivity index (χ4n) is 2.67. The quantitative estimate of drug-likeness (QED) is 0.820. The second-order valence-electron chi connectivity index (χ2n) is 6.15. The maximum atomic E-state index is 12.0. The summed E-state index contributed by atoms with van der Waals surface area (Å²) in [6.45, 7) is 8.19. The van der Waals surface area contributed by atoms with Gasteiger partial charge in [0.15, 0.2) is 0 Å². The van der Waals surface area contributed by atoms with E-state index >= 15 is 0 Å². The fraction of sp³-hybridized carbons (Fsp3) is 0.529. The number of furan rings is 1. The summed E-state index contributed by atoms with van der Waals surface area (Å²) in [5, 5.41) is 13.4. The van der Waals surface area contributed by atoms with Gasteiger partial charge in [-0.2, -0.15) is 0 Å². The van der Waals surface area contributed by atoms with Crippen molar-refractivity contribution in [3.05, 3.63) is 41.4 Å². The standard InChI is InChI=1S/C17H25N3O3/c1-12-10-15(13(2)23-12)17(4,22)11-19-16(21)6-5-8-20-9-7-18-14(20)3/h7,9-10,22H,5-6,8,11H2,1-4H3,(H,19,21). The maximum Gasteiger partial charge on any atom is 0.220 e. The number of carbonyl (C=O) groups excluding carboxylic acids is 1. The average Bonchev–Trinajstić information content (AvgIpc) is 3.03. The van der Waals surface area contributed by atoms with Crippen LogP contribution in [0.1, 0.15) is 42.7 Å². The highest BCUT2D eigenvalue weighted by atomic mass is 16.3. The molecule has 0 aliphatic rings. The molecule has 1 unspecified atom stereocenters. The molecule has 1 atom stereocenters. The largest absolute Gasteiger partial charge is 0.466 e. The Kier molecular flexibility index (Phi) is 5.26. The highest BCUT2D eigenvalue weighted by molar-refractivity contribution is 5.75. The maximum absolute atomic E-state index is 12.0. The van der Waals surface area contributed by atoms with Crippen LogP contribution in [-0.4, -0.2) is 27.1 Å². The minimum atomic E-state index is -1.14. The number of nitrogens with one attached hydrogen (secondary N) is 1. The molecular weight excluding hydrogens is 294 g/mol. The third-order valence-electron chi connectivity index (χ3n) is 3.98. The zero-order chi connectivity index (χ0) is 17.0. The van der Waals surface area contributed by atoms with Gasteiger partial charge in [0.25, 0.3) is 0 Å². The number of carbonyl (C=O) groups is 1. The normalized spacial score (nSPS) is 13.8. The van der Waals surface area contributed by atoms with Crippen LogP contribution >= 0.6 is 0 Å². The number of imidazole rings is 1. The van der Waals surface area contributed by atoms with Gasteiger partial charge in [0.1, 0.15) is 22.9 Å². The molecule has 6 nitrogen and oxygen atoms in total. The first-order valence-electron chi connectivity index (χ1n) is 7.84. The Labute approximate surface area is 136 Å². The smallest absolute Gasteiger partial charge is 0.220 e. The van der Waals surface area contributed by atoms with Crippen LogP contribution in [-0.2, 0) is 16.9 Å². The summed E-state index contributed by atoms with van der Waals surface area (Å²) in [5.74, 6) is 2.30. The summed E-state index contributed by atoms with van der Waals surface area (Å²) in [7, 11) is 0. The van der Waals surface area contributed by atoms with Crippen molar-refractivity contribution in [2.75, 3.05) is 6.54 Å². The number of aromatic nitrogens is 2. The van der Waals surface area contributed by atoms with E-state index in [1.807, 2.05) is 37.6 Å². The van der Waals surface area contributed by atoms with Gasteiger partial charge in [0.2, 0.25) is 5.91 Å². The molecule has 6 heteroatoms. The highest BCUT2D eigenvalue weighted by Crippen LogP contribution is 2.26. The van der Waals surface area contributed by atoms with E-state index in [-0.39, 0.29) is 12.5 Å². The average molecular weight is 319 g/mol. The highest BCUT2D eigenvalue weighted by Gasteiger charge is 2.28. The van der Waals surface area contributed by atoms with E-state index in [9.17, 15) is 9.90 Å². The zero-order valence-electron chi connectivity index (χ0n) is 14.2. The van der Waals surface area contributed by atoms with Gasteiger partial charge in [-0.15, -0.1) is 0 Å². The molecule has 23 heavy (non-hydrogen) atoms. The molecule has 0 fully saturated rings. The van der Waals surface area contributed by atoms with E-state index in [2.05, 4.69) is 10.3 Å². The van der Waals surface area contributed by atoms with Crippen molar-refractivity contribution in [1.82, 2.24) is 14.9 Å². The van der Waals surface area contributed by atoms with Crippen LogP contribution in [0.4, 0.5) is 0 Å². The summed E-state index contributed by atoms with van der Waals surface area (Å²) in [6, 6.07) is 1.81. The molecule has 0 saturated carbocycles. The Bertz CT molecular complexity index is 670. The molecule has 2 rings (SSSR count). The van der Waals surface area contributed by atoms with E-state index in [0.717, 1.165) is 24.6 Å². The van der Waals surface area contributed by atoms with E-state index < -0.39 is 5.60 Å². The van der Waals surface area contributed by atoms with Crippen molar-refractivity contribution in [1.29, 1.82) is 0 Å². The first kappa shape index (κ1) is 17.3. The van der Waals surface area contributed by atoms with Gasteiger partial charge < -0.3 is 19.4 Å². The van der Waals surface area contributed by atoms with Gasteiger partial charge in [0.05, 0.1) is 6.54 Å². The van der Waals surface area contributed by atoms with E-state index in [4.69, 9.17) is 4.42 Å². The van der Waals surface area contributed by atoms with Crippen LogP contribution in [0.5, 0.6) is 0 Å². The molecule has 1 amide bonds. The summed E-state index contributed by atoms with van der Waals surface area (Å²) in [4.78, 5) is 16.1. The lowest BCUT2D eigenvalue weighted by Crippen LogP contribution is -2.38. The minimum absolute atomic E-state index is 0.0686. The Morgan fingerprint density at radius 1 is 1.43 bits per heavy atom. The van der Waals surface area contributed by atoms with Crippen LogP contribution in [0.15, 0.2) is 22.9 Å². The predicted molar refractivity (Wildman–Crippen MR) is 87.0 cm³/mol.